The lowest BCUT2D eigenvalue weighted by atomic mass is 10.1. The normalized spacial score (nSPS) is 33.7. The van der Waals surface area contributed by atoms with Gasteiger partial charge >= 0.3 is 0 Å². The first kappa shape index (κ1) is 8.05. The summed E-state index contributed by atoms with van der Waals surface area (Å²) in [5.74, 6) is 0.235. The van der Waals surface area contributed by atoms with Gasteiger partial charge in [-0.2, -0.15) is 0 Å². The third-order valence-electron chi connectivity index (χ3n) is 3.06. The van der Waals surface area contributed by atoms with Crippen molar-refractivity contribution in [3.63, 3.8) is 0 Å². The van der Waals surface area contributed by atoms with Crippen LogP contribution in [0.1, 0.15) is 19.8 Å². The largest absolute Gasteiger partial charge is 0.344 e. The Balaban J connectivity index is 2.10. The van der Waals surface area contributed by atoms with E-state index in [4.69, 9.17) is 0 Å². The highest BCUT2D eigenvalue weighted by Gasteiger charge is 2.46. The van der Waals surface area contributed by atoms with Crippen molar-refractivity contribution in [1.29, 1.82) is 0 Å². The first-order chi connectivity index (χ1) is 5.63. The maximum Gasteiger partial charge on any atom is 0.239 e. The van der Waals surface area contributed by atoms with Crippen molar-refractivity contribution < 1.29 is 4.79 Å². The molecule has 1 saturated carbocycles. The second kappa shape index (κ2) is 2.46. The van der Waals surface area contributed by atoms with E-state index in [1.807, 2.05) is 18.9 Å². The number of carbonyl (C=O) groups is 1. The standard InChI is InChI=1S/C9H16N2O/c1-7-8(12)11(2)6-9(3-4-9)5-10-7/h7,10H,3-6H2,1-2H3. The molecule has 1 unspecified atom stereocenters. The molecule has 12 heavy (non-hydrogen) atoms. The van der Waals surface area contributed by atoms with Gasteiger partial charge in [-0.15, -0.1) is 0 Å². The lowest BCUT2D eigenvalue weighted by Crippen LogP contribution is -2.39. The highest BCUT2D eigenvalue weighted by molar-refractivity contribution is 5.81. The molecule has 1 spiro atoms. The third kappa shape index (κ3) is 1.22. The number of nitrogens with one attached hydrogen (secondary N) is 1. The number of rotatable bonds is 0. The molecule has 1 heterocycles. The Morgan fingerprint density at radius 1 is 1.58 bits per heavy atom. The van der Waals surface area contributed by atoms with Crippen LogP contribution in [0.3, 0.4) is 0 Å². The zero-order chi connectivity index (χ0) is 8.77. The van der Waals surface area contributed by atoms with Gasteiger partial charge in [0.25, 0.3) is 0 Å². The van der Waals surface area contributed by atoms with Crippen molar-refractivity contribution in [2.45, 2.75) is 25.8 Å². The SMILES string of the molecule is CC1NCC2(CC2)CN(C)C1=O. The summed E-state index contributed by atoms with van der Waals surface area (Å²) in [6.45, 7) is 3.91. The second-order valence-corrected chi connectivity index (χ2v) is 4.30. The summed E-state index contributed by atoms with van der Waals surface area (Å²) in [4.78, 5) is 13.4. The van der Waals surface area contributed by atoms with E-state index in [1.54, 1.807) is 0 Å². The number of hydrogen-bond donors (Lipinski definition) is 1. The van der Waals surface area contributed by atoms with Crippen molar-refractivity contribution in [3.05, 3.63) is 0 Å². The van der Waals surface area contributed by atoms with Gasteiger partial charge in [-0.05, 0) is 19.8 Å². The maximum atomic E-state index is 11.5. The Morgan fingerprint density at radius 3 is 2.83 bits per heavy atom. The molecule has 1 amide bonds. The number of amides is 1. The van der Waals surface area contributed by atoms with E-state index >= 15 is 0 Å². The van der Waals surface area contributed by atoms with Crippen LogP contribution in [0.4, 0.5) is 0 Å². The average Bonchev–Trinajstić information content (AvgIpc) is 2.79. The summed E-state index contributed by atoms with van der Waals surface area (Å²) in [5.41, 5.74) is 0.440. The van der Waals surface area contributed by atoms with Crippen molar-refractivity contribution in [1.82, 2.24) is 10.2 Å². The van der Waals surface area contributed by atoms with E-state index in [0.717, 1.165) is 13.1 Å². The van der Waals surface area contributed by atoms with Crippen LogP contribution in [0.25, 0.3) is 0 Å². The predicted molar refractivity (Wildman–Crippen MR) is 46.8 cm³/mol. The van der Waals surface area contributed by atoms with Gasteiger partial charge in [-0.3, -0.25) is 4.79 Å². The molecule has 68 valence electrons. The molecule has 3 nitrogen and oxygen atoms in total. The molecular weight excluding hydrogens is 152 g/mol. The summed E-state index contributed by atoms with van der Waals surface area (Å²) in [7, 11) is 1.91. The Hall–Kier alpha value is -0.570. The van der Waals surface area contributed by atoms with Crippen molar-refractivity contribution in [2.75, 3.05) is 20.1 Å². The minimum absolute atomic E-state index is 0.00924. The monoisotopic (exact) mass is 168 g/mol. The number of carbonyl (C=O) groups excluding carboxylic acids is 1. The zero-order valence-electron chi connectivity index (χ0n) is 7.76. The molecule has 1 saturated heterocycles. The van der Waals surface area contributed by atoms with Gasteiger partial charge in [0.15, 0.2) is 0 Å². The van der Waals surface area contributed by atoms with Gasteiger partial charge in [-0.25, -0.2) is 0 Å². The fourth-order valence-electron chi connectivity index (χ4n) is 1.94. The topological polar surface area (TPSA) is 32.3 Å². The fourth-order valence-corrected chi connectivity index (χ4v) is 1.94. The van der Waals surface area contributed by atoms with Crippen LogP contribution in [0.2, 0.25) is 0 Å². The summed E-state index contributed by atoms with van der Waals surface area (Å²) < 4.78 is 0. The van der Waals surface area contributed by atoms with Gasteiger partial charge in [0, 0.05) is 25.6 Å². The molecule has 2 aliphatic rings. The van der Waals surface area contributed by atoms with Crippen LogP contribution in [-0.2, 0) is 4.79 Å². The summed E-state index contributed by atoms with van der Waals surface area (Å²) in [6, 6.07) is 0.00924. The Kier molecular flexibility index (Phi) is 1.65. The van der Waals surface area contributed by atoms with Gasteiger partial charge in [0.2, 0.25) is 5.91 Å². The molecular formula is C9H16N2O. The Labute approximate surface area is 73.1 Å². The second-order valence-electron chi connectivity index (χ2n) is 4.30. The zero-order valence-corrected chi connectivity index (χ0v) is 7.76. The highest BCUT2D eigenvalue weighted by Crippen LogP contribution is 2.46. The van der Waals surface area contributed by atoms with Crippen LogP contribution in [0.15, 0.2) is 0 Å². The number of hydrogen-bond acceptors (Lipinski definition) is 2. The van der Waals surface area contributed by atoms with Gasteiger partial charge in [-0.1, -0.05) is 0 Å². The molecule has 2 fully saturated rings. The van der Waals surface area contributed by atoms with Gasteiger partial charge in [0.05, 0.1) is 6.04 Å². The van der Waals surface area contributed by atoms with Crippen LogP contribution < -0.4 is 5.32 Å². The fraction of sp³-hybridized carbons (Fsp3) is 0.889. The molecule has 0 bridgehead atoms. The molecule has 1 N–H and O–H groups in total. The van der Waals surface area contributed by atoms with Crippen molar-refractivity contribution in [3.8, 4) is 0 Å². The van der Waals surface area contributed by atoms with E-state index in [-0.39, 0.29) is 11.9 Å². The van der Waals surface area contributed by atoms with Crippen molar-refractivity contribution >= 4 is 5.91 Å². The average molecular weight is 168 g/mol. The Bertz CT molecular complexity index is 211. The third-order valence-corrected chi connectivity index (χ3v) is 3.06. The number of likely N-dealkylation sites (N-methyl/N-ethyl adjacent to an activating group) is 1. The van der Waals surface area contributed by atoms with Gasteiger partial charge < -0.3 is 10.2 Å². The van der Waals surface area contributed by atoms with Crippen LogP contribution in [0, 0.1) is 5.41 Å². The summed E-state index contributed by atoms with van der Waals surface area (Å²) >= 11 is 0. The van der Waals surface area contributed by atoms with E-state index in [1.165, 1.54) is 12.8 Å². The lowest BCUT2D eigenvalue weighted by Gasteiger charge is -2.19. The van der Waals surface area contributed by atoms with Crippen LogP contribution in [-0.4, -0.2) is 37.0 Å². The van der Waals surface area contributed by atoms with E-state index in [0.29, 0.717) is 5.41 Å². The van der Waals surface area contributed by atoms with E-state index in [9.17, 15) is 4.79 Å². The molecule has 0 aromatic carbocycles. The first-order valence-corrected chi connectivity index (χ1v) is 4.61. The van der Waals surface area contributed by atoms with Crippen LogP contribution >= 0.6 is 0 Å². The predicted octanol–water partition coefficient (Wildman–Crippen LogP) is 0.217. The molecule has 0 aromatic heterocycles. The quantitative estimate of drug-likeness (QED) is 0.561. The van der Waals surface area contributed by atoms with Crippen molar-refractivity contribution in [2.24, 2.45) is 5.41 Å². The van der Waals surface area contributed by atoms with E-state index in [2.05, 4.69) is 5.32 Å². The van der Waals surface area contributed by atoms with E-state index < -0.39 is 0 Å². The number of nitrogens with zero attached hydrogens (tertiary/aromatic N) is 1. The van der Waals surface area contributed by atoms with Gasteiger partial charge in [0.1, 0.15) is 0 Å². The minimum atomic E-state index is 0.00924. The lowest BCUT2D eigenvalue weighted by molar-refractivity contribution is -0.131. The van der Waals surface area contributed by atoms with Crippen LogP contribution in [0.5, 0.6) is 0 Å². The maximum absolute atomic E-state index is 11.5. The molecule has 0 aromatic rings. The molecule has 3 heteroatoms. The summed E-state index contributed by atoms with van der Waals surface area (Å²) in [6.07, 6.45) is 2.56. The smallest absolute Gasteiger partial charge is 0.239 e. The molecule has 0 radical (unpaired) electrons. The molecule has 1 aliphatic heterocycles. The summed E-state index contributed by atoms with van der Waals surface area (Å²) in [5, 5.41) is 3.29. The minimum Gasteiger partial charge on any atom is -0.344 e. The highest BCUT2D eigenvalue weighted by atomic mass is 16.2. The molecule has 2 rings (SSSR count). The Morgan fingerprint density at radius 2 is 2.25 bits per heavy atom. The first-order valence-electron chi connectivity index (χ1n) is 4.61. The molecule has 1 aliphatic carbocycles. The molecule has 1 atom stereocenters.